The minimum Gasteiger partial charge on any atom is -0.383 e. The SMILES string of the molecule is Cc1csc(C(O)C(C)(C)F)n1. The van der Waals surface area contributed by atoms with Gasteiger partial charge in [-0.2, -0.15) is 0 Å². The molecule has 12 heavy (non-hydrogen) atoms. The maximum Gasteiger partial charge on any atom is 0.139 e. The first kappa shape index (κ1) is 9.61. The van der Waals surface area contributed by atoms with Crippen molar-refractivity contribution in [2.75, 3.05) is 0 Å². The highest BCUT2D eigenvalue weighted by molar-refractivity contribution is 7.09. The Hall–Kier alpha value is -0.480. The van der Waals surface area contributed by atoms with E-state index < -0.39 is 11.8 Å². The molecular weight excluding hydrogens is 177 g/mol. The summed E-state index contributed by atoms with van der Waals surface area (Å²) in [6.07, 6.45) is -1.11. The highest BCUT2D eigenvalue weighted by Gasteiger charge is 2.30. The number of halogens is 1. The summed E-state index contributed by atoms with van der Waals surface area (Å²) < 4.78 is 13.2. The van der Waals surface area contributed by atoms with Gasteiger partial charge in [-0.25, -0.2) is 9.37 Å². The molecule has 1 aromatic rings. The second kappa shape index (κ2) is 3.11. The topological polar surface area (TPSA) is 33.1 Å². The lowest BCUT2D eigenvalue weighted by molar-refractivity contribution is 0.0159. The van der Waals surface area contributed by atoms with Crippen molar-refractivity contribution in [3.05, 3.63) is 16.1 Å². The molecule has 0 saturated heterocycles. The molecule has 0 spiro atoms. The van der Waals surface area contributed by atoms with Gasteiger partial charge in [0.2, 0.25) is 0 Å². The molecule has 0 fully saturated rings. The number of thiazole rings is 1. The van der Waals surface area contributed by atoms with Crippen molar-refractivity contribution in [3.8, 4) is 0 Å². The molecule has 1 rings (SSSR count). The molecule has 1 N–H and O–H groups in total. The molecular formula is C8H12FNOS. The summed E-state index contributed by atoms with van der Waals surface area (Å²) in [5.41, 5.74) is -0.803. The van der Waals surface area contributed by atoms with E-state index in [2.05, 4.69) is 4.98 Å². The monoisotopic (exact) mass is 189 g/mol. The molecule has 4 heteroatoms. The predicted octanol–water partition coefficient (Wildman–Crippen LogP) is 2.23. The van der Waals surface area contributed by atoms with Gasteiger partial charge in [-0.3, -0.25) is 0 Å². The first-order valence-electron chi connectivity index (χ1n) is 3.70. The third kappa shape index (κ3) is 2.01. The van der Waals surface area contributed by atoms with Crippen LogP contribution in [0, 0.1) is 6.92 Å². The van der Waals surface area contributed by atoms with Crippen molar-refractivity contribution in [1.82, 2.24) is 4.98 Å². The number of hydrogen-bond acceptors (Lipinski definition) is 3. The zero-order valence-electron chi connectivity index (χ0n) is 7.34. The Morgan fingerprint density at radius 1 is 1.67 bits per heavy atom. The summed E-state index contributed by atoms with van der Waals surface area (Å²) in [6.45, 7) is 4.50. The Morgan fingerprint density at radius 2 is 2.25 bits per heavy atom. The van der Waals surface area contributed by atoms with Crippen LogP contribution in [-0.2, 0) is 0 Å². The second-order valence-electron chi connectivity index (χ2n) is 3.29. The Balaban J connectivity index is 2.85. The summed E-state index contributed by atoms with van der Waals surface area (Å²) in [7, 11) is 0. The molecule has 0 aliphatic rings. The fraction of sp³-hybridized carbons (Fsp3) is 0.625. The number of aromatic nitrogens is 1. The third-order valence-corrected chi connectivity index (χ3v) is 2.54. The predicted molar refractivity (Wildman–Crippen MR) is 47.0 cm³/mol. The van der Waals surface area contributed by atoms with Gasteiger partial charge in [0.15, 0.2) is 0 Å². The maximum absolute atomic E-state index is 13.2. The first-order valence-corrected chi connectivity index (χ1v) is 4.58. The molecule has 1 heterocycles. The molecule has 68 valence electrons. The number of aliphatic hydroxyl groups is 1. The van der Waals surface area contributed by atoms with E-state index in [-0.39, 0.29) is 0 Å². The smallest absolute Gasteiger partial charge is 0.139 e. The Bertz CT molecular complexity index is 266. The summed E-state index contributed by atoms with van der Waals surface area (Å²) >= 11 is 1.28. The summed E-state index contributed by atoms with van der Waals surface area (Å²) in [5.74, 6) is 0. The highest BCUT2D eigenvalue weighted by atomic mass is 32.1. The van der Waals surface area contributed by atoms with Crippen LogP contribution in [0.15, 0.2) is 5.38 Å². The van der Waals surface area contributed by atoms with E-state index >= 15 is 0 Å². The molecule has 0 radical (unpaired) electrons. The molecule has 1 unspecified atom stereocenters. The van der Waals surface area contributed by atoms with Gasteiger partial charge >= 0.3 is 0 Å². The second-order valence-corrected chi connectivity index (χ2v) is 4.18. The van der Waals surface area contributed by atoms with E-state index in [0.717, 1.165) is 5.69 Å². The normalized spacial score (nSPS) is 14.8. The number of nitrogens with zero attached hydrogens (tertiary/aromatic N) is 1. The van der Waals surface area contributed by atoms with E-state index in [1.807, 2.05) is 6.92 Å². The van der Waals surface area contributed by atoms with Crippen LogP contribution >= 0.6 is 11.3 Å². The number of alkyl halides is 1. The van der Waals surface area contributed by atoms with E-state index in [9.17, 15) is 9.50 Å². The standard InChI is InChI=1S/C8H12FNOS/c1-5-4-12-7(10-5)6(11)8(2,3)9/h4,6,11H,1-3H3. The van der Waals surface area contributed by atoms with Crippen LogP contribution in [-0.4, -0.2) is 15.8 Å². The van der Waals surface area contributed by atoms with Crippen molar-refractivity contribution >= 4 is 11.3 Å². The summed E-state index contributed by atoms with van der Waals surface area (Å²) in [5, 5.41) is 11.7. The largest absolute Gasteiger partial charge is 0.383 e. The zero-order valence-corrected chi connectivity index (χ0v) is 8.15. The van der Waals surface area contributed by atoms with Crippen LogP contribution in [0.2, 0.25) is 0 Å². The van der Waals surface area contributed by atoms with Gasteiger partial charge in [-0.1, -0.05) is 0 Å². The molecule has 0 aliphatic carbocycles. The summed E-state index contributed by atoms with van der Waals surface area (Å²) in [6, 6.07) is 0. The van der Waals surface area contributed by atoms with Crippen LogP contribution in [0.5, 0.6) is 0 Å². The average molecular weight is 189 g/mol. The van der Waals surface area contributed by atoms with Gasteiger partial charge in [-0.15, -0.1) is 11.3 Å². The zero-order chi connectivity index (χ0) is 9.35. The van der Waals surface area contributed by atoms with Crippen LogP contribution in [0.3, 0.4) is 0 Å². The lowest BCUT2D eigenvalue weighted by atomic mass is 10.1. The third-order valence-electron chi connectivity index (χ3n) is 1.52. The quantitative estimate of drug-likeness (QED) is 0.774. The van der Waals surface area contributed by atoms with Crippen LogP contribution < -0.4 is 0 Å². The van der Waals surface area contributed by atoms with Gasteiger partial charge in [0.1, 0.15) is 16.8 Å². The number of aryl methyl sites for hydroxylation is 1. The van der Waals surface area contributed by atoms with Gasteiger partial charge in [0.05, 0.1) is 0 Å². The van der Waals surface area contributed by atoms with Gasteiger partial charge in [0, 0.05) is 11.1 Å². The van der Waals surface area contributed by atoms with Crippen LogP contribution in [0.4, 0.5) is 4.39 Å². The van der Waals surface area contributed by atoms with Crippen molar-refractivity contribution < 1.29 is 9.50 Å². The van der Waals surface area contributed by atoms with E-state index in [1.54, 1.807) is 5.38 Å². The molecule has 0 amide bonds. The Morgan fingerprint density at radius 3 is 2.58 bits per heavy atom. The summed E-state index contributed by atoms with van der Waals surface area (Å²) in [4.78, 5) is 4.01. The first-order chi connectivity index (χ1) is 5.41. The molecule has 0 saturated carbocycles. The van der Waals surface area contributed by atoms with Crippen molar-refractivity contribution in [3.63, 3.8) is 0 Å². The van der Waals surface area contributed by atoms with Crippen LogP contribution in [0.25, 0.3) is 0 Å². The Kier molecular flexibility index (Phi) is 2.49. The highest BCUT2D eigenvalue weighted by Crippen LogP contribution is 2.30. The van der Waals surface area contributed by atoms with Gasteiger partial charge in [0.25, 0.3) is 0 Å². The number of aliphatic hydroxyl groups excluding tert-OH is 1. The van der Waals surface area contributed by atoms with Crippen molar-refractivity contribution in [2.24, 2.45) is 0 Å². The van der Waals surface area contributed by atoms with Crippen LogP contribution in [0.1, 0.15) is 30.7 Å². The van der Waals surface area contributed by atoms with E-state index in [4.69, 9.17) is 0 Å². The fourth-order valence-electron chi connectivity index (χ4n) is 0.791. The van der Waals surface area contributed by atoms with E-state index in [1.165, 1.54) is 25.2 Å². The molecule has 0 aliphatic heterocycles. The van der Waals surface area contributed by atoms with Gasteiger partial charge in [-0.05, 0) is 20.8 Å². The molecule has 0 bridgehead atoms. The molecule has 1 atom stereocenters. The minimum atomic E-state index is -1.62. The fourth-order valence-corrected chi connectivity index (χ4v) is 1.74. The number of hydrogen-bond donors (Lipinski definition) is 1. The lowest BCUT2D eigenvalue weighted by Crippen LogP contribution is -2.23. The number of rotatable bonds is 2. The van der Waals surface area contributed by atoms with E-state index in [0.29, 0.717) is 5.01 Å². The average Bonchev–Trinajstić information content (AvgIpc) is 2.32. The molecule has 2 nitrogen and oxygen atoms in total. The van der Waals surface area contributed by atoms with Crippen molar-refractivity contribution in [2.45, 2.75) is 32.5 Å². The minimum absolute atomic E-state index is 0.444. The molecule has 1 aromatic heterocycles. The molecule has 0 aromatic carbocycles. The lowest BCUT2D eigenvalue weighted by Gasteiger charge is -2.19. The van der Waals surface area contributed by atoms with Crippen molar-refractivity contribution in [1.29, 1.82) is 0 Å². The maximum atomic E-state index is 13.2. The Labute approximate surface area is 75.1 Å². The van der Waals surface area contributed by atoms with Gasteiger partial charge < -0.3 is 5.11 Å².